The zero-order valence-electron chi connectivity index (χ0n) is 15.4. The van der Waals surface area contributed by atoms with Crippen LogP contribution in [0.2, 0.25) is 0 Å². The van der Waals surface area contributed by atoms with Crippen LogP contribution in [-0.2, 0) is 33.4 Å². The fraction of sp³-hybridized carbons (Fsp3) is 0.300. The van der Waals surface area contributed by atoms with Gasteiger partial charge in [0.05, 0.1) is 16.0 Å². The molecule has 0 aliphatic heterocycles. The van der Waals surface area contributed by atoms with E-state index in [2.05, 4.69) is 18.0 Å². The van der Waals surface area contributed by atoms with E-state index in [0.29, 0.717) is 16.9 Å². The number of para-hydroxylation sites is 1. The molecule has 142 valence electrons. The van der Waals surface area contributed by atoms with Gasteiger partial charge in [-0.2, -0.15) is 4.99 Å². The van der Waals surface area contributed by atoms with Crippen LogP contribution in [0.3, 0.4) is 0 Å². The van der Waals surface area contributed by atoms with E-state index in [1.807, 2.05) is 29.7 Å². The smallest absolute Gasteiger partial charge is 0.263 e. The Balaban J connectivity index is 1.91. The quantitative estimate of drug-likeness (QED) is 0.635. The number of carbonyl (C=O) groups is 1. The summed E-state index contributed by atoms with van der Waals surface area (Å²) in [5.74, 6) is -1.37. The molecule has 0 aliphatic carbocycles. The van der Waals surface area contributed by atoms with Gasteiger partial charge >= 0.3 is 0 Å². The van der Waals surface area contributed by atoms with E-state index in [0.717, 1.165) is 16.6 Å². The van der Waals surface area contributed by atoms with Gasteiger partial charge in [0.1, 0.15) is 5.75 Å². The first-order valence-electron chi connectivity index (χ1n) is 8.86. The maximum atomic E-state index is 12.4. The first-order chi connectivity index (χ1) is 12.9. The van der Waals surface area contributed by atoms with Gasteiger partial charge in [-0.05, 0) is 30.5 Å². The van der Waals surface area contributed by atoms with Crippen LogP contribution in [0, 0.1) is 0 Å². The maximum Gasteiger partial charge on any atom is 0.263 e. The SMILES string of the molecule is CCc1cccc2sc(=NC(=O)CS(=O)(=O)Cc3ccccc3)n(CC)c12. The molecule has 0 radical (unpaired) electrons. The molecule has 0 saturated carbocycles. The van der Waals surface area contributed by atoms with Crippen molar-refractivity contribution in [2.75, 3.05) is 5.75 Å². The number of nitrogens with zero attached hydrogens (tertiary/aromatic N) is 2. The van der Waals surface area contributed by atoms with Crippen LogP contribution in [0.25, 0.3) is 10.2 Å². The van der Waals surface area contributed by atoms with Crippen LogP contribution < -0.4 is 4.80 Å². The average molecular weight is 403 g/mol. The van der Waals surface area contributed by atoms with Crippen molar-refractivity contribution in [1.82, 2.24) is 4.57 Å². The van der Waals surface area contributed by atoms with E-state index >= 15 is 0 Å². The molecule has 0 spiro atoms. The van der Waals surface area contributed by atoms with Crippen molar-refractivity contribution in [1.29, 1.82) is 0 Å². The molecule has 0 bridgehead atoms. The largest absolute Gasteiger partial charge is 0.316 e. The molecule has 27 heavy (non-hydrogen) atoms. The third kappa shape index (κ3) is 4.54. The van der Waals surface area contributed by atoms with Gasteiger partial charge in [-0.25, -0.2) is 8.42 Å². The Morgan fingerprint density at radius 1 is 1.07 bits per heavy atom. The summed E-state index contributed by atoms with van der Waals surface area (Å²) < 4.78 is 27.7. The number of fused-ring (bicyclic) bond motifs is 1. The lowest BCUT2D eigenvalue weighted by Crippen LogP contribution is -2.21. The van der Waals surface area contributed by atoms with Crippen molar-refractivity contribution < 1.29 is 13.2 Å². The molecule has 0 atom stereocenters. The highest BCUT2D eigenvalue weighted by Gasteiger charge is 2.18. The first kappa shape index (κ1) is 19.5. The molecule has 0 N–H and O–H groups in total. The van der Waals surface area contributed by atoms with Gasteiger partial charge in [0.25, 0.3) is 5.91 Å². The number of thiazole rings is 1. The number of benzene rings is 2. The van der Waals surface area contributed by atoms with Crippen LogP contribution in [0.4, 0.5) is 0 Å². The number of amides is 1. The third-order valence-electron chi connectivity index (χ3n) is 4.27. The summed E-state index contributed by atoms with van der Waals surface area (Å²) in [6, 6.07) is 14.9. The number of sulfone groups is 1. The van der Waals surface area contributed by atoms with Crippen molar-refractivity contribution in [2.45, 2.75) is 32.6 Å². The van der Waals surface area contributed by atoms with E-state index in [-0.39, 0.29) is 5.75 Å². The number of carbonyl (C=O) groups excluding carboxylic acids is 1. The van der Waals surface area contributed by atoms with Gasteiger partial charge in [-0.15, -0.1) is 0 Å². The third-order valence-corrected chi connectivity index (χ3v) is 6.78. The maximum absolute atomic E-state index is 12.4. The highest BCUT2D eigenvalue weighted by Crippen LogP contribution is 2.22. The molecule has 5 nitrogen and oxygen atoms in total. The fourth-order valence-corrected chi connectivity index (χ4v) is 5.48. The zero-order valence-corrected chi connectivity index (χ0v) is 17.0. The molecule has 1 amide bonds. The zero-order chi connectivity index (χ0) is 19.4. The Morgan fingerprint density at radius 2 is 1.81 bits per heavy atom. The molecular formula is C20H22N2O3S2. The summed E-state index contributed by atoms with van der Waals surface area (Å²) >= 11 is 1.42. The molecule has 0 saturated heterocycles. The molecule has 0 fully saturated rings. The molecule has 0 unspecified atom stereocenters. The molecule has 1 heterocycles. The number of rotatable bonds is 6. The molecule has 0 aliphatic rings. The number of aromatic nitrogens is 1. The Hall–Kier alpha value is -2.25. The molecule has 2 aromatic carbocycles. The lowest BCUT2D eigenvalue weighted by atomic mass is 10.1. The lowest BCUT2D eigenvalue weighted by Gasteiger charge is -2.05. The summed E-state index contributed by atoms with van der Waals surface area (Å²) in [7, 11) is -3.56. The van der Waals surface area contributed by atoms with Crippen LogP contribution >= 0.6 is 11.3 Å². The van der Waals surface area contributed by atoms with Gasteiger partial charge in [0.15, 0.2) is 14.6 Å². The Morgan fingerprint density at radius 3 is 2.48 bits per heavy atom. The Bertz CT molecular complexity index is 1130. The van der Waals surface area contributed by atoms with Gasteiger partial charge in [0.2, 0.25) is 0 Å². The molecular weight excluding hydrogens is 380 g/mol. The minimum Gasteiger partial charge on any atom is -0.316 e. The van der Waals surface area contributed by atoms with Crippen LogP contribution in [0.5, 0.6) is 0 Å². The normalized spacial score (nSPS) is 12.6. The first-order valence-corrected chi connectivity index (χ1v) is 11.5. The fourth-order valence-electron chi connectivity index (χ4n) is 3.07. The minimum atomic E-state index is -3.56. The molecule has 7 heteroatoms. The number of aryl methyl sites for hydroxylation is 2. The summed E-state index contributed by atoms with van der Waals surface area (Å²) in [4.78, 5) is 17.0. The number of hydrogen-bond acceptors (Lipinski definition) is 4. The van der Waals surface area contributed by atoms with E-state index in [1.54, 1.807) is 24.3 Å². The van der Waals surface area contributed by atoms with E-state index < -0.39 is 21.5 Å². The summed E-state index contributed by atoms with van der Waals surface area (Å²) in [5.41, 5.74) is 2.94. The predicted molar refractivity (Wildman–Crippen MR) is 109 cm³/mol. The van der Waals surface area contributed by atoms with Gasteiger partial charge < -0.3 is 4.57 Å². The summed E-state index contributed by atoms with van der Waals surface area (Å²) in [5, 5.41) is 0. The monoisotopic (exact) mass is 402 g/mol. The Kier molecular flexibility index (Phi) is 5.92. The van der Waals surface area contributed by atoms with Crippen molar-refractivity contribution in [2.24, 2.45) is 4.99 Å². The van der Waals surface area contributed by atoms with Gasteiger partial charge in [-0.1, -0.05) is 60.7 Å². The highest BCUT2D eigenvalue weighted by molar-refractivity contribution is 7.91. The molecule has 3 aromatic rings. The van der Waals surface area contributed by atoms with E-state index in [4.69, 9.17) is 0 Å². The minimum absolute atomic E-state index is 0.157. The highest BCUT2D eigenvalue weighted by atomic mass is 32.2. The van der Waals surface area contributed by atoms with Crippen molar-refractivity contribution in [3.63, 3.8) is 0 Å². The van der Waals surface area contributed by atoms with Crippen molar-refractivity contribution in [3.8, 4) is 0 Å². The van der Waals surface area contributed by atoms with E-state index in [9.17, 15) is 13.2 Å². The van der Waals surface area contributed by atoms with Gasteiger partial charge in [-0.3, -0.25) is 4.79 Å². The second-order valence-electron chi connectivity index (χ2n) is 6.27. The van der Waals surface area contributed by atoms with Crippen LogP contribution in [0.15, 0.2) is 53.5 Å². The summed E-state index contributed by atoms with van der Waals surface area (Å²) in [6.07, 6.45) is 0.882. The lowest BCUT2D eigenvalue weighted by molar-refractivity contribution is -0.115. The number of hydrogen-bond donors (Lipinski definition) is 0. The van der Waals surface area contributed by atoms with Crippen molar-refractivity contribution in [3.05, 3.63) is 64.5 Å². The second kappa shape index (κ2) is 8.19. The second-order valence-corrected chi connectivity index (χ2v) is 9.34. The molecule has 3 rings (SSSR count). The Labute approximate surface area is 162 Å². The van der Waals surface area contributed by atoms with Crippen molar-refractivity contribution >= 4 is 37.3 Å². The average Bonchev–Trinajstić information content (AvgIpc) is 2.98. The van der Waals surface area contributed by atoms with Gasteiger partial charge in [0, 0.05) is 6.54 Å². The summed E-state index contributed by atoms with van der Waals surface area (Å²) in [6.45, 7) is 4.75. The van der Waals surface area contributed by atoms with Crippen LogP contribution in [-0.4, -0.2) is 24.6 Å². The van der Waals surface area contributed by atoms with E-state index in [1.165, 1.54) is 16.9 Å². The molecule has 1 aromatic heterocycles. The van der Waals surface area contributed by atoms with Crippen LogP contribution in [0.1, 0.15) is 25.0 Å². The topological polar surface area (TPSA) is 68.5 Å². The standard InChI is InChI=1S/C20H22N2O3S2/c1-3-16-11-8-12-17-19(16)22(4-2)20(26-17)21-18(23)14-27(24,25)13-15-9-6-5-7-10-15/h5-12H,3-4,13-14H2,1-2H3. The predicted octanol–water partition coefficient (Wildman–Crippen LogP) is 3.33.